The number of carbonyl (C=O) groups is 2. The molecule has 0 radical (unpaired) electrons. The molecule has 0 atom stereocenters. The molecule has 2 aromatic rings. The van der Waals surface area contributed by atoms with E-state index in [9.17, 15) is 9.59 Å². The number of hydrogen-bond donors (Lipinski definition) is 1. The summed E-state index contributed by atoms with van der Waals surface area (Å²) in [6.45, 7) is 0. The summed E-state index contributed by atoms with van der Waals surface area (Å²) in [4.78, 5) is 22.4. The Bertz CT molecular complexity index is 776. The van der Waals surface area contributed by atoms with Crippen molar-refractivity contribution in [1.82, 2.24) is 0 Å². The number of carbonyl (C=O) groups excluding carboxylic acids is 2. The molecule has 0 unspecified atom stereocenters. The third-order valence-electron chi connectivity index (χ3n) is 2.94. The van der Waals surface area contributed by atoms with E-state index < -0.39 is 11.9 Å². The first-order valence-corrected chi connectivity index (χ1v) is 8.99. The van der Waals surface area contributed by atoms with Crippen LogP contribution in [0.15, 0.2) is 28.7 Å². The molecular weight excluding hydrogens is 492 g/mol. The van der Waals surface area contributed by atoms with Gasteiger partial charge in [-0.05, 0) is 40.2 Å². The number of anilines is 1. The molecule has 0 fully saturated rings. The third-order valence-corrected chi connectivity index (χ3v) is 5.26. The topological polar surface area (TPSA) is 78.6 Å². The molecule has 0 aromatic heterocycles. The zero-order valence-electron chi connectivity index (χ0n) is 13.4. The normalized spacial score (nSPS) is 9.81. The number of methoxy groups -OCH3 is 2. The number of benzene rings is 2. The van der Waals surface area contributed by atoms with Crippen molar-refractivity contribution in [2.24, 2.45) is 0 Å². The van der Waals surface area contributed by atoms with Gasteiger partial charge in [-0.15, -0.1) is 0 Å². The first kappa shape index (κ1) is 22.9. The Morgan fingerprint density at radius 2 is 1.27 bits per heavy atom. The number of ether oxygens (including phenoxy) is 2. The molecule has 10 heteroatoms. The van der Waals surface area contributed by atoms with Crippen LogP contribution in [0.1, 0.15) is 20.7 Å². The Hall–Kier alpha value is -1.18. The average molecular weight is 504 g/mol. The molecule has 0 amide bonds. The Labute approximate surface area is 178 Å². The minimum atomic E-state index is -0.595. The van der Waals surface area contributed by atoms with Gasteiger partial charge >= 0.3 is 11.9 Å². The fourth-order valence-corrected chi connectivity index (χ4v) is 3.05. The number of nitrogen functional groups attached to an aromatic ring is 1. The minimum Gasteiger partial charge on any atom is -0.465 e. The van der Waals surface area contributed by atoms with Crippen LogP contribution in [0, 0.1) is 0 Å². The number of halogens is 5. The van der Waals surface area contributed by atoms with Gasteiger partial charge < -0.3 is 15.2 Å². The summed E-state index contributed by atoms with van der Waals surface area (Å²) in [5, 5.41) is 0.893. The zero-order valence-corrected chi connectivity index (χ0v) is 18.0. The molecule has 0 aliphatic carbocycles. The number of hydrogen-bond acceptors (Lipinski definition) is 5. The van der Waals surface area contributed by atoms with Gasteiger partial charge in [0.2, 0.25) is 0 Å². The minimum absolute atomic E-state index is 0.103. The molecule has 0 aliphatic heterocycles. The van der Waals surface area contributed by atoms with E-state index in [1.165, 1.54) is 26.4 Å². The van der Waals surface area contributed by atoms with E-state index in [4.69, 9.17) is 52.1 Å². The highest BCUT2D eigenvalue weighted by atomic mass is 79.9. The maximum atomic E-state index is 11.2. The van der Waals surface area contributed by atoms with Crippen molar-refractivity contribution in [2.75, 3.05) is 20.0 Å². The van der Waals surface area contributed by atoms with E-state index in [1.54, 1.807) is 12.1 Å². The van der Waals surface area contributed by atoms with Crippen LogP contribution in [0.3, 0.4) is 0 Å². The lowest BCUT2D eigenvalue weighted by Crippen LogP contribution is -2.04. The lowest BCUT2D eigenvalue weighted by Gasteiger charge is -2.06. The van der Waals surface area contributed by atoms with E-state index in [1.807, 2.05) is 0 Å². The lowest BCUT2D eigenvalue weighted by molar-refractivity contribution is 0.0592. The molecule has 0 heterocycles. The molecule has 0 spiro atoms. The quantitative estimate of drug-likeness (QED) is 0.313. The fraction of sp³-hybridized carbons (Fsp3) is 0.125. The van der Waals surface area contributed by atoms with Crippen LogP contribution in [-0.2, 0) is 9.47 Å². The summed E-state index contributed by atoms with van der Waals surface area (Å²) < 4.78 is 9.62. The molecule has 0 saturated heterocycles. The zero-order chi connectivity index (χ0) is 20.0. The highest BCUT2D eigenvalue weighted by Crippen LogP contribution is 2.32. The smallest absolute Gasteiger partial charge is 0.340 e. The molecule has 26 heavy (non-hydrogen) atoms. The van der Waals surface area contributed by atoms with Gasteiger partial charge in [0.25, 0.3) is 0 Å². The standard InChI is InChI=1S/C8H5BrCl2O2.C8H7Cl2NO2/c1-13-8(12)6-5(10)3-2-4(9)7(6)11;1-13-8(12)6-4(9)2-3-5(11)7(6)10/h2-3H,1H3;2-3H,11H2,1H3. The van der Waals surface area contributed by atoms with E-state index >= 15 is 0 Å². The molecule has 0 bridgehead atoms. The fourth-order valence-electron chi connectivity index (χ4n) is 1.67. The van der Waals surface area contributed by atoms with Crippen LogP contribution < -0.4 is 5.73 Å². The van der Waals surface area contributed by atoms with Crippen LogP contribution in [0.5, 0.6) is 0 Å². The summed E-state index contributed by atoms with van der Waals surface area (Å²) in [6.07, 6.45) is 0. The van der Waals surface area contributed by atoms with Gasteiger partial charge in [0.1, 0.15) is 0 Å². The van der Waals surface area contributed by atoms with Gasteiger partial charge in [-0.25, -0.2) is 9.59 Å². The first-order valence-electron chi connectivity index (χ1n) is 6.69. The Balaban J connectivity index is 0.000000260. The lowest BCUT2D eigenvalue weighted by atomic mass is 10.2. The first-order chi connectivity index (χ1) is 12.1. The van der Waals surface area contributed by atoms with E-state index in [0.29, 0.717) is 10.2 Å². The number of nitrogens with two attached hydrogens (primary N) is 1. The molecule has 0 saturated carbocycles. The SMILES string of the molecule is COC(=O)c1c(Cl)ccc(Br)c1Cl.COC(=O)c1c(Cl)ccc(N)c1Cl. The molecular formula is C16H12BrCl4NO4. The largest absolute Gasteiger partial charge is 0.465 e. The van der Waals surface area contributed by atoms with E-state index in [2.05, 4.69) is 25.4 Å². The highest BCUT2D eigenvalue weighted by molar-refractivity contribution is 9.10. The second kappa shape index (κ2) is 10.2. The highest BCUT2D eigenvalue weighted by Gasteiger charge is 2.17. The second-order valence-electron chi connectivity index (χ2n) is 4.53. The van der Waals surface area contributed by atoms with Gasteiger partial charge in [0, 0.05) is 4.47 Å². The summed E-state index contributed by atoms with van der Waals surface area (Å²) in [7, 11) is 2.52. The third kappa shape index (κ3) is 5.41. The predicted octanol–water partition coefficient (Wildman–Crippen LogP) is 5.90. The van der Waals surface area contributed by atoms with Crippen molar-refractivity contribution in [1.29, 1.82) is 0 Å². The Morgan fingerprint density at radius 3 is 1.73 bits per heavy atom. The monoisotopic (exact) mass is 501 g/mol. The van der Waals surface area contributed by atoms with Crippen molar-refractivity contribution in [3.8, 4) is 0 Å². The van der Waals surface area contributed by atoms with E-state index in [0.717, 1.165) is 0 Å². The maximum absolute atomic E-state index is 11.2. The van der Waals surface area contributed by atoms with Crippen molar-refractivity contribution < 1.29 is 19.1 Å². The van der Waals surface area contributed by atoms with E-state index in [-0.39, 0.29) is 31.2 Å². The van der Waals surface area contributed by atoms with Crippen LogP contribution in [-0.4, -0.2) is 26.2 Å². The van der Waals surface area contributed by atoms with Gasteiger partial charge in [0.15, 0.2) is 0 Å². The molecule has 2 aromatic carbocycles. The van der Waals surface area contributed by atoms with Crippen molar-refractivity contribution in [2.45, 2.75) is 0 Å². The average Bonchev–Trinajstić information content (AvgIpc) is 2.62. The molecule has 140 valence electrons. The van der Waals surface area contributed by atoms with Gasteiger partial charge in [0.05, 0.1) is 51.1 Å². The molecule has 2 rings (SSSR count). The Kier molecular flexibility index (Phi) is 9.00. The van der Waals surface area contributed by atoms with Crippen molar-refractivity contribution in [3.63, 3.8) is 0 Å². The van der Waals surface area contributed by atoms with Crippen molar-refractivity contribution >= 4 is 80.0 Å². The summed E-state index contributed by atoms with van der Waals surface area (Å²) in [6, 6.07) is 6.26. The van der Waals surface area contributed by atoms with Crippen LogP contribution in [0.25, 0.3) is 0 Å². The molecule has 0 aliphatic rings. The number of rotatable bonds is 2. The van der Waals surface area contributed by atoms with Crippen LogP contribution >= 0.6 is 62.3 Å². The van der Waals surface area contributed by atoms with Crippen LogP contribution in [0.2, 0.25) is 20.1 Å². The predicted molar refractivity (Wildman–Crippen MR) is 108 cm³/mol. The summed E-state index contributed by atoms with van der Waals surface area (Å²) >= 11 is 26.3. The number of esters is 2. The van der Waals surface area contributed by atoms with Gasteiger partial charge in [-0.1, -0.05) is 46.4 Å². The molecule has 5 nitrogen and oxygen atoms in total. The second-order valence-corrected chi connectivity index (χ2v) is 6.95. The summed E-state index contributed by atoms with van der Waals surface area (Å²) in [5.41, 5.74) is 6.06. The maximum Gasteiger partial charge on any atom is 0.340 e. The summed E-state index contributed by atoms with van der Waals surface area (Å²) in [5.74, 6) is -1.14. The Morgan fingerprint density at radius 1 is 0.846 bits per heavy atom. The molecule has 2 N–H and O–H groups in total. The van der Waals surface area contributed by atoms with Gasteiger partial charge in [-0.2, -0.15) is 0 Å². The van der Waals surface area contributed by atoms with Crippen LogP contribution in [0.4, 0.5) is 5.69 Å². The van der Waals surface area contributed by atoms with Crippen molar-refractivity contribution in [3.05, 3.63) is 60.0 Å². The van der Waals surface area contributed by atoms with Gasteiger partial charge in [-0.3, -0.25) is 0 Å².